The number of aryl methyl sites for hydroxylation is 1. The molecule has 0 bridgehead atoms. The number of rotatable bonds is 7. The number of ether oxygens (including phenoxy) is 2. The summed E-state index contributed by atoms with van der Waals surface area (Å²) in [5.74, 6) is -2.55. The highest BCUT2D eigenvalue weighted by Crippen LogP contribution is 2.48. The Kier molecular flexibility index (Phi) is 7.56. The van der Waals surface area contributed by atoms with Crippen LogP contribution in [0.15, 0.2) is 29.2 Å². The minimum atomic E-state index is -0.963. The van der Waals surface area contributed by atoms with E-state index in [1.54, 1.807) is 45.6 Å². The van der Waals surface area contributed by atoms with Crippen molar-refractivity contribution in [3.05, 3.63) is 62.3 Å². The number of hydrogen-bond acceptors (Lipinski definition) is 6. The van der Waals surface area contributed by atoms with Gasteiger partial charge >= 0.3 is 5.97 Å². The number of hydrogen-bond donors (Lipinski definition) is 0. The van der Waals surface area contributed by atoms with E-state index in [0.717, 1.165) is 0 Å². The first kappa shape index (κ1) is 28.0. The normalized spacial score (nSPS) is 20.8. The van der Waals surface area contributed by atoms with E-state index < -0.39 is 45.6 Å². The van der Waals surface area contributed by atoms with E-state index in [9.17, 15) is 23.6 Å². The summed E-state index contributed by atoms with van der Waals surface area (Å²) in [4.78, 5) is 54.7. The maximum absolute atomic E-state index is 14.4. The zero-order valence-electron chi connectivity index (χ0n) is 22.2. The number of ketones is 1. The first-order chi connectivity index (χ1) is 17.8. The van der Waals surface area contributed by atoms with Gasteiger partial charge in [-0.25, -0.2) is 4.39 Å². The van der Waals surface area contributed by atoms with Crippen LogP contribution in [0.4, 0.5) is 4.39 Å². The number of Topliss-reactive ketones (excluding diaryl/α,β-unsaturated/α-hetero) is 1. The third-order valence-corrected chi connectivity index (χ3v) is 7.55. The molecule has 1 saturated carbocycles. The molecular formula is C28H32ClFN2O6. The fraction of sp³-hybridized carbons (Fsp3) is 0.500. The van der Waals surface area contributed by atoms with Gasteiger partial charge in [0.1, 0.15) is 5.82 Å². The SMILES string of the molecule is COCC1CC2(C1)CN(C)C(=O)c1c(OC(=O)C(C)(C)C)c(=O)c(C(=O)CCc3cccc(Cl)c3F)cn12. The van der Waals surface area contributed by atoms with Crippen LogP contribution in [-0.2, 0) is 21.5 Å². The summed E-state index contributed by atoms with van der Waals surface area (Å²) in [6, 6.07) is 4.53. The number of halogens is 2. The van der Waals surface area contributed by atoms with Crippen LogP contribution in [0.25, 0.3) is 0 Å². The molecule has 10 heteroatoms. The van der Waals surface area contributed by atoms with Crippen molar-refractivity contribution in [3.8, 4) is 5.75 Å². The second kappa shape index (κ2) is 10.3. The molecule has 0 radical (unpaired) electrons. The zero-order valence-corrected chi connectivity index (χ0v) is 23.0. The van der Waals surface area contributed by atoms with E-state index in [-0.39, 0.29) is 40.6 Å². The molecule has 38 heavy (non-hydrogen) atoms. The average Bonchev–Trinajstić information content (AvgIpc) is 2.82. The van der Waals surface area contributed by atoms with Crippen LogP contribution in [0.1, 0.15) is 66.4 Å². The summed E-state index contributed by atoms with van der Waals surface area (Å²) >= 11 is 5.86. The number of benzene rings is 1. The second-order valence-corrected chi connectivity index (χ2v) is 11.7. The topological polar surface area (TPSA) is 94.9 Å². The Morgan fingerprint density at radius 3 is 2.53 bits per heavy atom. The Hall–Kier alpha value is -3.04. The molecule has 0 atom stereocenters. The van der Waals surface area contributed by atoms with Gasteiger partial charge in [-0.3, -0.25) is 19.2 Å². The molecule has 1 aliphatic carbocycles. The van der Waals surface area contributed by atoms with E-state index in [0.29, 0.717) is 26.0 Å². The van der Waals surface area contributed by atoms with E-state index in [1.165, 1.54) is 23.2 Å². The van der Waals surface area contributed by atoms with E-state index in [4.69, 9.17) is 21.1 Å². The van der Waals surface area contributed by atoms with Gasteiger partial charge in [0.25, 0.3) is 5.91 Å². The molecule has 1 aromatic carbocycles. The van der Waals surface area contributed by atoms with Crippen LogP contribution in [0.3, 0.4) is 0 Å². The number of aromatic nitrogens is 1. The van der Waals surface area contributed by atoms with E-state index in [2.05, 4.69) is 0 Å². The molecule has 8 nitrogen and oxygen atoms in total. The van der Waals surface area contributed by atoms with Crippen LogP contribution in [0.2, 0.25) is 5.02 Å². The van der Waals surface area contributed by atoms with Gasteiger partial charge < -0.3 is 18.9 Å². The Morgan fingerprint density at radius 1 is 1.21 bits per heavy atom. The van der Waals surface area contributed by atoms with Crippen LogP contribution in [0, 0.1) is 17.2 Å². The molecule has 0 N–H and O–H groups in total. The molecule has 1 fully saturated rings. The van der Waals surface area contributed by atoms with Gasteiger partial charge in [-0.2, -0.15) is 0 Å². The lowest BCUT2D eigenvalue weighted by Gasteiger charge is -2.54. The highest BCUT2D eigenvalue weighted by molar-refractivity contribution is 6.30. The molecule has 1 spiro atoms. The lowest BCUT2D eigenvalue weighted by atomic mass is 9.67. The molecule has 4 rings (SSSR count). The zero-order chi connectivity index (χ0) is 28.0. The van der Waals surface area contributed by atoms with E-state index >= 15 is 0 Å². The quantitative estimate of drug-likeness (QED) is 0.381. The summed E-state index contributed by atoms with van der Waals surface area (Å²) in [5.41, 5.74) is -2.38. The maximum Gasteiger partial charge on any atom is 0.316 e. The smallest absolute Gasteiger partial charge is 0.316 e. The monoisotopic (exact) mass is 546 g/mol. The van der Waals surface area contributed by atoms with Gasteiger partial charge in [0.15, 0.2) is 11.5 Å². The molecule has 2 aliphatic rings. The van der Waals surface area contributed by atoms with Crippen LogP contribution < -0.4 is 10.2 Å². The number of fused-ring (bicyclic) bond motifs is 2. The highest BCUT2D eigenvalue weighted by atomic mass is 35.5. The lowest BCUT2D eigenvalue weighted by molar-refractivity contribution is -0.143. The van der Waals surface area contributed by atoms with Gasteiger partial charge in [0.05, 0.1) is 21.5 Å². The highest BCUT2D eigenvalue weighted by Gasteiger charge is 2.52. The summed E-state index contributed by atoms with van der Waals surface area (Å²) < 4.78 is 26.9. The summed E-state index contributed by atoms with van der Waals surface area (Å²) in [5, 5.41) is -0.0552. The van der Waals surface area contributed by atoms with Crippen molar-refractivity contribution in [2.75, 3.05) is 27.3 Å². The number of esters is 1. The van der Waals surface area contributed by atoms with Crippen LogP contribution in [0.5, 0.6) is 5.75 Å². The van der Waals surface area contributed by atoms with Crippen molar-refractivity contribution in [3.63, 3.8) is 0 Å². The predicted octanol–water partition coefficient (Wildman–Crippen LogP) is 4.25. The van der Waals surface area contributed by atoms with Gasteiger partial charge in [0.2, 0.25) is 11.2 Å². The Morgan fingerprint density at radius 2 is 1.89 bits per heavy atom. The minimum absolute atomic E-state index is 0.0201. The van der Waals surface area contributed by atoms with Gasteiger partial charge in [0, 0.05) is 39.9 Å². The molecule has 2 aromatic rings. The number of carbonyl (C=O) groups is 3. The number of carbonyl (C=O) groups excluding carboxylic acids is 3. The van der Waals surface area contributed by atoms with Gasteiger partial charge in [-0.1, -0.05) is 23.7 Å². The average molecular weight is 547 g/mol. The molecular weight excluding hydrogens is 515 g/mol. The molecule has 1 aromatic heterocycles. The van der Waals surface area contributed by atoms with Crippen molar-refractivity contribution in [1.29, 1.82) is 0 Å². The maximum atomic E-state index is 14.4. The standard InChI is InChI=1S/C28H32ClFN2O6/c1-27(2,3)26(36)38-24-22-25(35)31(4)15-28(11-16(12-28)14-37-5)32(22)13-18(23(24)34)20(33)10-9-17-7-6-8-19(29)21(17)30/h6-8,13,16H,9-12,14-15H2,1-5H3. The first-order valence-corrected chi connectivity index (χ1v) is 12.9. The Bertz CT molecular complexity index is 1360. The van der Waals surface area contributed by atoms with Crippen molar-refractivity contribution >= 4 is 29.3 Å². The Balaban J connectivity index is 1.80. The van der Waals surface area contributed by atoms with Crippen LogP contribution in [-0.4, -0.2) is 54.4 Å². The third-order valence-electron chi connectivity index (χ3n) is 7.26. The number of methoxy groups -OCH3 is 1. The summed E-state index contributed by atoms with van der Waals surface area (Å²) in [6.45, 7) is 5.80. The second-order valence-electron chi connectivity index (χ2n) is 11.3. The van der Waals surface area contributed by atoms with Crippen molar-refractivity contribution < 1.29 is 28.2 Å². The molecule has 1 amide bonds. The van der Waals surface area contributed by atoms with Crippen molar-refractivity contribution in [2.24, 2.45) is 11.3 Å². The fourth-order valence-corrected chi connectivity index (χ4v) is 5.49. The summed E-state index contributed by atoms with van der Waals surface area (Å²) in [7, 11) is 3.26. The predicted molar refractivity (Wildman–Crippen MR) is 139 cm³/mol. The Labute approximate surface area is 225 Å². The molecule has 0 unspecified atom stereocenters. The summed E-state index contributed by atoms with van der Waals surface area (Å²) in [6.07, 6.45) is 2.57. The molecule has 204 valence electrons. The molecule has 0 saturated heterocycles. The van der Waals surface area contributed by atoms with E-state index in [1.807, 2.05) is 0 Å². The van der Waals surface area contributed by atoms with Gasteiger partial charge in [-0.05, 0) is 57.6 Å². The number of nitrogens with zero attached hydrogens (tertiary/aromatic N) is 2. The number of pyridine rings is 1. The largest absolute Gasteiger partial charge is 0.419 e. The lowest BCUT2D eigenvalue weighted by Crippen LogP contribution is -2.60. The number of likely N-dealkylation sites (N-methyl/N-ethyl adjacent to an activating group) is 1. The molecule has 2 heterocycles. The third kappa shape index (κ3) is 5.01. The minimum Gasteiger partial charge on any atom is -0.419 e. The van der Waals surface area contributed by atoms with Gasteiger partial charge in [-0.15, -0.1) is 0 Å². The van der Waals surface area contributed by atoms with Crippen molar-refractivity contribution in [2.45, 2.75) is 52.0 Å². The molecule has 1 aliphatic heterocycles. The number of amides is 1. The van der Waals surface area contributed by atoms with Crippen molar-refractivity contribution in [1.82, 2.24) is 9.47 Å². The first-order valence-electron chi connectivity index (χ1n) is 12.5. The van der Waals surface area contributed by atoms with Crippen LogP contribution >= 0.6 is 11.6 Å². The fourth-order valence-electron chi connectivity index (χ4n) is 5.29.